The standard InChI is InChI=1S/C20H20BrNO4S/c1-4-22(5-2)20(23)26-15-10-11-16-17(12-15)27(24)19(18(16)21)13-6-8-14(25-3)9-7-13/h6-12H,4-5H2,1-3H3. The van der Waals surface area contributed by atoms with Gasteiger partial charge in [-0.25, -0.2) is 9.00 Å². The number of hydrogen-bond acceptors (Lipinski definition) is 4. The van der Waals surface area contributed by atoms with Gasteiger partial charge in [-0.15, -0.1) is 0 Å². The molecule has 0 fully saturated rings. The number of benzene rings is 2. The summed E-state index contributed by atoms with van der Waals surface area (Å²) in [6, 6.07) is 12.6. The average molecular weight is 450 g/mol. The van der Waals surface area contributed by atoms with Crippen molar-refractivity contribution in [3.63, 3.8) is 0 Å². The number of hydrogen-bond donors (Lipinski definition) is 0. The van der Waals surface area contributed by atoms with Crippen molar-refractivity contribution >= 4 is 42.2 Å². The molecule has 1 aliphatic heterocycles. The molecule has 5 nitrogen and oxygen atoms in total. The van der Waals surface area contributed by atoms with Crippen LogP contribution in [0.25, 0.3) is 9.39 Å². The normalized spacial score (nSPS) is 15.5. The molecule has 0 saturated heterocycles. The smallest absolute Gasteiger partial charge is 0.415 e. The largest absolute Gasteiger partial charge is 0.497 e. The molecule has 142 valence electrons. The molecule has 1 heterocycles. The molecule has 7 heteroatoms. The van der Waals surface area contributed by atoms with Gasteiger partial charge < -0.3 is 14.4 Å². The molecule has 0 spiro atoms. The van der Waals surface area contributed by atoms with Crippen LogP contribution < -0.4 is 9.47 Å². The third-order valence-corrected chi connectivity index (χ3v) is 6.99. The SMILES string of the molecule is CCN(CC)C(=O)Oc1ccc2c(c1)S(=O)C(c1ccc(OC)cc1)=C2Br. The van der Waals surface area contributed by atoms with E-state index in [1.165, 1.54) is 0 Å². The van der Waals surface area contributed by atoms with Crippen LogP contribution in [0.1, 0.15) is 25.0 Å². The van der Waals surface area contributed by atoms with Crippen molar-refractivity contribution in [2.45, 2.75) is 18.7 Å². The van der Waals surface area contributed by atoms with Gasteiger partial charge in [0.05, 0.1) is 27.7 Å². The molecular weight excluding hydrogens is 430 g/mol. The summed E-state index contributed by atoms with van der Waals surface area (Å²) < 4.78 is 24.5. The van der Waals surface area contributed by atoms with Crippen LogP contribution in [0, 0.1) is 0 Å². The molecule has 1 amide bonds. The number of amides is 1. The van der Waals surface area contributed by atoms with Crippen molar-refractivity contribution in [3.8, 4) is 11.5 Å². The first-order chi connectivity index (χ1) is 13.0. The van der Waals surface area contributed by atoms with Crippen molar-refractivity contribution in [2.75, 3.05) is 20.2 Å². The molecule has 1 atom stereocenters. The topological polar surface area (TPSA) is 55.8 Å². The Morgan fingerprint density at radius 2 is 1.70 bits per heavy atom. The first kappa shape index (κ1) is 19.6. The second-order valence-corrected chi connectivity index (χ2v) is 8.02. The van der Waals surface area contributed by atoms with E-state index in [0.29, 0.717) is 28.6 Å². The maximum Gasteiger partial charge on any atom is 0.415 e. The summed E-state index contributed by atoms with van der Waals surface area (Å²) in [4.78, 5) is 15.1. The fourth-order valence-corrected chi connectivity index (χ4v) is 5.42. The highest BCUT2D eigenvalue weighted by molar-refractivity contribution is 9.15. The van der Waals surface area contributed by atoms with Crippen LogP contribution >= 0.6 is 15.9 Å². The summed E-state index contributed by atoms with van der Waals surface area (Å²) in [6.07, 6.45) is -0.411. The highest BCUT2D eigenvalue weighted by Crippen LogP contribution is 2.46. The number of methoxy groups -OCH3 is 1. The minimum atomic E-state index is -1.38. The van der Waals surface area contributed by atoms with E-state index in [9.17, 15) is 9.00 Å². The Hall–Kier alpha value is -2.12. The van der Waals surface area contributed by atoms with Crippen molar-refractivity contribution in [1.82, 2.24) is 4.90 Å². The zero-order chi connectivity index (χ0) is 19.6. The predicted octanol–water partition coefficient (Wildman–Crippen LogP) is 4.88. The zero-order valence-electron chi connectivity index (χ0n) is 15.3. The van der Waals surface area contributed by atoms with Gasteiger partial charge in [-0.3, -0.25) is 0 Å². The number of nitrogens with zero attached hydrogens (tertiary/aromatic N) is 1. The molecule has 1 aliphatic rings. The van der Waals surface area contributed by atoms with Crippen molar-refractivity contribution in [3.05, 3.63) is 53.6 Å². The summed E-state index contributed by atoms with van der Waals surface area (Å²) >= 11 is 3.58. The van der Waals surface area contributed by atoms with Crippen LogP contribution in [-0.4, -0.2) is 35.4 Å². The van der Waals surface area contributed by atoms with Crippen molar-refractivity contribution in [2.24, 2.45) is 0 Å². The maximum absolute atomic E-state index is 13.1. The number of carbonyl (C=O) groups excluding carboxylic acids is 1. The van der Waals surface area contributed by atoms with Crippen LogP contribution in [0.3, 0.4) is 0 Å². The molecule has 0 aliphatic carbocycles. The number of carbonyl (C=O) groups is 1. The van der Waals surface area contributed by atoms with Crippen LogP contribution in [0.2, 0.25) is 0 Å². The van der Waals surface area contributed by atoms with Crippen LogP contribution in [-0.2, 0) is 10.8 Å². The summed E-state index contributed by atoms with van der Waals surface area (Å²) in [6.45, 7) is 4.93. The number of rotatable bonds is 5. The Balaban J connectivity index is 1.89. The monoisotopic (exact) mass is 449 g/mol. The Kier molecular flexibility index (Phi) is 6.01. The third-order valence-electron chi connectivity index (χ3n) is 4.35. The number of ether oxygens (including phenoxy) is 2. The molecule has 0 saturated carbocycles. The van der Waals surface area contributed by atoms with E-state index in [4.69, 9.17) is 9.47 Å². The molecule has 1 unspecified atom stereocenters. The van der Waals surface area contributed by atoms with Crippen LogP contribution in [0.5, 0.6) is 11.5 Å². The van der Waals surface area contributed by atoms with Gasteiger partial charge in [-0.1, -0.05) is 12.1 Å². The van der Waals surface area contributed by atoms with Crippen LogP contribution in [0.15, 0.2) is 47.4 Å². The van der Waals surface area contributed by atoms with E-state index in [1.807, 2.05) is 44.2 Å². The lowest BCUT2D eigenvalue weighted by molar-refractivity contribution is 0.157. The van der Waals surface area contributed by atoms with Gasteiger partial charge in [0, 0.05) is 23.1 Å². The highest BCUT2D eigenvalue weighted by Gasteiger charge is 2.29. The summed E-state index contributed by atoms with van der Waals surface area (Å²) in [5.41, 5.74) is 1.68. The lowest BCUT2D eigenvalue weighted by Crippen LogP contribution is -2.33. The van der Waals surface area contributed by atoms with Gasteiger partial charge in [0.25, 0.3) is 0 Å². The van der Waals surface area contributed by atoms with E-state index >= 15 is 0 Å². The second kappa shape index (κ2) is 8.27. The highest BCUT2D eigenvalue weighted by atomic mass is 79.9. The van der Waals surface area contributed by atoms with Crippen LogP contribution in [0.4, 0.5) is 4.79 Å². The minimum Gasteiger partial charge on any atom is -0.497 e. The van der Waals surface area contributed by atoms with E-state index in [2.05, 4.69) is 15.9 Å². The minimum absolute atomic E-state index is 0.385. The molecular formula is C20H20BrNO4S. The van der Waals surface area contributed by atoms with Gasteiger partial charge in [0.1, 0.15) is 11.5 Å². The van der Waals surface area contributed by atoms with E-state index in [1.54, 1.807) is 24.1 Å². The average Bonchev–Trinajstić information content (AvgIpc) is 2.93. The molecule has 2 aromatic carbocycles. The second-order valence-electron chi connectivity index (χ2n) is 5.84. The summed E-state index contributed by atoms with van der Waals surface area (Å²) in [5, 5.41) is 0. The fraction of sp³-hybridized carbons (Fsp3) is 0.250. The van der Waals surface area contributed by atoms with Gasteiger partial charge in [0.2, 0.25) is 0 Å². The lowest BCUT2D eigenvalue weighted by atomic mass is 10.1. The van der Waals surface area contributed by atoms with Gasteiger partial charge in [0.15, 0.2) is 0 Å². The Labute approximate surface area is 169 Å². The zero-order valence-corrected chi connectivity index (χ0v) is 17.7. The molecule has 0 aromatic heterocycles. The summed E-state index contributed by atoms with van der Waals surface area (Å²) in [5.74, 6) is 1.12. The van der Waals surface area contributed by atoms with Crippen molar-refractivity contribution in [1.29, 1.82) is 0 Å². The Morgan fingerprint density at radius 1 is 1.07 bits per heavy atom. The fourth-order valence-electron chi connectivity index (χ4n) is 2.84. The molecule has 27 heavy (non-hydrogen) atoms. The van der Waals surface area contributed by atoms with Crippen molar-refractivity contribution < 1.29 is 18.5 Å². The number of fused-ring (bicyclic) bond motifs is 1. The van der Waals surface area contributed by atoms with Gasteiger partial charge in [-0.05, 0) is 65.7 Å². The van der Waals surface area contributed by atoms with Gasteiger partial charge >= 0.3 is 6.09 Å². The van der Waals surface area contributed by atoms with E-state index < -0.39 is 16.9 Å². The Bertz CT molecular complexity index is 920. The quantitative estimate of drug-likeness (QED) is 0.652. The molecule has 2 aromatic rings. The lowest BCUT2D eigenvalue weighted by Gasteiger charge is -2.18. The van der Waals surface area contributed by atoms with E-state index in [-0.39, 0.29) is 0 Å². The predicted molar refractivity (Wildman–Crippen MR) is 111 cm³/mol. The molecule has 3 rings (SSSR count). The first-order valence-electron chi connectivity index (χ1n) is 8.57. The van der Waals surface area contributed by atoms with E-state index in [0.717, 1.165) is 21.4 Å². The molecule has 0 bridgehead atoms. The number of halogens is 1. The Morgan fingerprint density at radius 3 is 2.30 bits per heavy atom. The maximum atomic E-state index is 13.1. The first-order valence-corrected chi connectivity index (χ1v) is 10.5. The molecule has 0 radical (unpaired) electrons. The summed E-state index contributed by atoms with van der Waals surface area (Å²) in [7, 11) is 0.228. The third kappa shape index (κ3) is 3.80. The van der Waals surface area contributed by atoms with Gasteiger partial charge in [-0.2, -0.15) is 0 Å². The molecule has 0 N–H and O–H groups in total.